The Bertz CT molecular complexity index is 1010. The second kappa shape index (κ2) is 11.6. The van der Waals surface area contributed by atoms with Crippen molar-refractivity contribution in [2.24, 2.45) is 5.92 Å². The minimum atomic E-state index is -0.595. The first-order valence-electron chi connectivity index (χ1n) is 12.8. The second-order valence-electron chi connectivity index (χ2n) is 9.84. The van der Waals surface area contributed by atoms with Gasteiger partial charge in [-0.25, -0.2) is 8.78 Å². The maximum absolute atomic E-state index is 14.1. The van der Waals surface area contributed by atoms with Gasteiger partial charge in [0.2, 0.25) is 0 Å². The molecule has 0 bridgehead atoms. The molecule has 0 aromatic heterocycles. The predicted molar refractivity (Wildman–Crippen MR) is 136 cm³/mol. The molecule has 180 valence electrons. The molecule has 0 heterocycles. The summed E-state index contributed by atoms with van der Waals surface area (Å²) in [6.07, 6.45) is 7.50. The third kappa shape index (κ3) is 6.25. The predicted octanol–water partition coefficient (Wildman–Crippen LogP) is 8.62. The van der Waals surface area contributed by atoms with Crippen LogP contribution in [-0.2, 0) is 12.8 Å². The monoisotopic (exact) mass is 462 g/mol. The van der Waals surface area contributed by atoms with Crippen molar-refractivity contribution in [2.75, 3.05) is 6.61 Å². The first-order valence-corrected chi connectivity index (χ1v) is 12.8. The lowest BCUT2D eigenvalue weighted by Crippen LogP contribution is -2.14. The average molecular weight is 463 g/mol. The van der Waals surface area contributed by atoms with E-state index in [1.54, 1.807) is 6.92 Å². The quantitative estimate of drug-likeness (QED) is 0.309. The fourth-order valence-corrected chi connectivity index (χ4v) is 5.37. The van der Waals surface area contributed by atoms with Gasteiger partial charge in [0, 0.05) is 0 Å². The summed E-state index contributed by atoms with van der Waals surface area (Å²) < 4.78 is 33.3. The molecule has 0 unspecified atom stereocenters. The van der Waals surface area contributed by atoms with Gasteiger partial charge in [-0.2, -0.15) is 0 Å². The molecule has 1 nitrogen and oxygen atoms in total. The van der Waals surface area contributed by atoms with Crippen LogP contribution < -0.4 is 4.74 Å². The van der Waals surface area contributed by atoms with Gasteiger partial charge in [0.15, 0.2) is 17.4 Å². The molecule has 0 amide bonds. The van der Waals surface area contributed by atoms with Crippen LogP contribution in [-0.4, -0.2) is 6.61 Å². The zero-order valence-electron chi connectivity index (χ0n) is 20.4. The van der Waals surface area contributed by atoms with Crippen molar-refractivity contribution in [1.82, 2.24) is 0 Å². The lowest BCUT2D eigenvalue weighted by Gasteiger charge is -2.29. The van der Waals surface area contributed by atoms with Crippen molar-refractivity contribution < 1.29 is 13.5 Å². The molecule has 0 spiro atoms. The van der Waals surface area contributed by atoms with E-state index in [0.29, 0.717) is 24.2 Å². The van der Waals surface area contributed by atoms with Gasteiger partial charge < -0.3 is 4.74 Å². The summed E-state index contributed by atoms with van der Waals surface area (Å²) in [5.74, 6) is 0.314. The van der Waals surface area contributed by atoms with Crippen LogP contribution in [0.5, 0.6) is 5.75 Å². The van der Waals surface area contributed by atoms with E-state index in [1.165, 1.54) is 54.5 Å². The highest BCUT2D eigenvalue weighted by Gasteiger charge is 2.23. The molecule has 1 saturated carbocycles. The van der Waals surface area contributed by atoms with E-state index in [1.807, 2.05) is 0 Å². The number of aryl methyl sites for hydroxylation is 1. The Labute approximate surface area is 203 Å². The van der Waals surface area contributed by atoms with Crippen LogP contribution in [0.2, 0.25) is 0 Å². The normalized spacial score (nSPS) is 19.1. The van der Waals surface area contributed by atoms with E-state index in [2.05, 4.69) is 61.5 Å². The topological polar surface area (TPSA) is 9.23 Å². The molecule has 0 radical (unpaired) electrons. The summed E-state index contributed by atoms with van der Waals surface area (Å²) in [5.41, 5.74) is 4.95. The van der Waals surface area contributed by atoms with Crippen LogP contribution in [0.25, 0.3) is 0 Å². The maximum Gasteiger partial charge on any atom is 0.190 e. The molecule has 1 fully saturated rings. The number of ether oxygens (including phenoxy) is 1. The van der Waals surface area contributed by atoms with E-state index < -0.39 is 11.6 Å². The molecule has 0 aliphatic heterocycles. The number of rotatable bonds is 9. The van der Waals surface area contributed by atoms with Crippen LogP contribution in [0.15, 0.2) is 66.7 Å². The summed E-state index contributed by atoms with van der Waals surface area (Å²) in [7, 11) is 0. The largest absolute Gasteiger partial charge is 0.488 e. The molecule has 3 heteroatoms. The van der Waals surface area contributed by atoms with Crippen LogP contribution in [0.1, 0.15) is 80.0 Å². The molecule has 1 aliphatic carbocycles. The Kier molecular flexibility index (Phi) is 8.37. The van der Waals surface area contributed by atoms with Crippen molar-refractivity contribution in [3.63, 3.8) is 0 Å². The van der Waals surface area contributed by atoms with E-state index in [-0.39, 0.29) is 12.4 Å². The highest BCUT2D eigenvalue weighted by atomic mass is 19.1. The van der Waals surface area contributed by atoms with Gasteiger partial charge in [-0.05, 0) is 104 Å². The molecule has 1 aliphatic rings. The van der Waals surface area contributed by atoms with E-state index in [9.17, 15) is 8.78 Å². The summed E-state index contributed by atoms with van der Waals surface area (Å²) >= 11 is 0. The number of halogens is 2. The molecular weight excluding hydrogens is 426 g/mol. The Morgan fingerprint density at radius 1 is 0.853 bits per heavy atom. The van der Waals surface area contributed by atoms with E-state index in [4.69, 9.17) is 4.74 Å². The van der Waals surface area contributed by atoms with Gasteiger partial charge in [-0.3, -0.25) is 0 Å². The highest BCUT2D eigenvalue weighted by Crippen LogP contribution is 2.38. The minimum Gasteiger partial charge on any atom is -0.488 e. The van der Waals surface area contributed by atoms with Crippen molar-refractivity contribution in [3.05, 3.63) is 101 Å². The smallest absolute Gasteiger partial charge is 0.190 e. The van der Waals surface area contributed by atoms with Crippen LogP contribution in [0.4, 0.5) is 8.78 Å². The number of hydrogen-bond acceptors (Lipinski definition) is 1. The molecule has 0 saturated heterocycles. The van der Waals surface area contributed by atoms with Crippen molar-refractivity contribution in [2.45, 2.75) is 70.6 Å². The van der Waals surface area contributed by atoms with Crippen LogP contribution in [0.3, 0.4) is 0 Å². The lowest BCUT2D eigenvalue weighted by atomic mass is 9.76. The van der Waals surface area contributed by atoms with Crippen molar-refractivity contribution >= 4 is 0 Å². The Balaban J connectivity index is 1.25. The maximum atomic E-state index is 14.1. The first kappa shape index (κ1) is 24.4. The Morgan fingerprint density at radius 2 is 1.50 bits per heavy atom. The molecule has 34 heavy (non-hydrogen) atoms. The molecule has 0 N–H and O–H groups in total. The lowest BCUT2D eigenvalue weighted by molar-refractivity contribution is 0.300. The minimum absolute atomic E-state index is 0.256. The molecule has 3 aromatic rings. The average Bonchev–Trinajstić information content (AvgIpc) is 2.86. The summed E-state index contributed by atoms with van der Waals surface area (Å²) in [6.45, 7) is 4.27. The van der Waals surface area contributed by atoms with Gasteiger partial charge in [-0.1, -0.05) is 61.5 Å². The zero-order valence-corrected chi connectivity index (χ0v) is 20.4. The van der Waals surface area contributed by atoms with Gasteiger partial charge >= 0.3 is 0 Å². The Morgan fingerprint density at radius 3 is 2.12 bits per heavy atom. The summed E-state index contributed by atoms with van der Waals surface area (Å²) in [5, 5.41) is 0. The number of hydrogen-bond donors (Lipinski definition) is 0. The molecule has 4 rings (SSSR count). The van der Waals surface area contributed by atoms with Gasteiger partial charge in [0.05, 0.1) is 6.61 Å². The molecule has 3 aromatic carbocycles. The van der Waals surface area contributed by atoms with Crippen molar-refractivity contribution in [3.8, 4) is 5.75 Å². The van der Waals surface area contributed by atoms with Crippen LogP contribution in [0, 0.1) is 17.6 Å². The number of benzene rings is 3. The van der Waals surface area contributed by atoms with Gasteiger partial charge in [0.25, 0.3) is 0 Å². The SMILES string of the molecule is CCOc1c(F)cc(CCC2CCC(c3ccc(C[C@H](C)c4ccccc4)cc3)CC2)cc1F. The first-order chi connectivity index (χ1) is 16.5. The van der Waals surface area contributed by atoms with Crippen LogP contribution >= 0.6 is 0 Å². The standard InChI is InChI=1S/C31H36F2O/c1-3-34-31-29(32)20-25(21-30(31)33)10-9-23-11-15-27(16-12-23)28-17-13-24(14-18-28)19-22(2)26-7-5-4-6-8-26/h4-8,13-14,17-18,20-23,27H,3,9-12,15-16,19H2,1-2H3/t22-,23?,27?/m0/s1. The zero-order chi connectivity index (χ0) is 23.9. The van der Waals surface area contributed by atoms with E-state index >= 15 is 0 Å². The summed E-state index contributed by atoms with van der Waals surface area (Å²) in [6, 6.07) is 22.8. The highest BCUT2D eigenvalue weighted by molar-refractivity contribution is 5.32. The van der Waals surface area contributed by atoms with Gasteiger partial charge in [-0.15, -0.1) is 0 Å². The molecule has 1 atom stereocenters. The van der Waals surface area contributed by atoms with Crippen molar-refractivity contribution in [1.29, 1.82) is 0 Å². The van der Waals surface area contributed by atoms with E-state index in [0.717, 1.165) is 18.4 Å². The summed E-state index contributed by atoms with van der Waals surface area (Å²) in [4.78, 5) is 0. The molecular formula is C31H36F2O. The van der Waals surface area contributed by atoms with Gasteiger partial charge in [0.1, 0.15) is 0 Å². The fraction of sp³-hybridized carbons (Fsp3) is 0.419. The Hall–Kier alpha value is -2.68. The third-order valence-corrected chi connectivity index (χ3v) is 7.40. The third-order valence-electron chi connectivity index (χ3n) is 7.40. The second-order valence-corrected chi connectivity index (χ2v) is 9.84. The fourth-order valence-electron chi connectivity index (χ4n) is 5.37.